The highest BCUT2D eigenvalue weighted by atomic mass is 15.5. The van der Waals surface area contributed by atoms with Crippen LogP contribution in [0.15, 0.2) is 30.7 Å². The van der Waals surface area contributed by atoms with Gasteiger partial charge in [-0.3, -0.25) is 4.98 Å². The lowest BCUT2D eigenvalue weighted by molar-refractivity contribution is 0.489. The second-order valence-corrected chi connectivity index (χ2v) is 4.08. The molecule has 2 aromatic rings. The van der Waals surface area contributed by atoms with Crippen molar-refractivity contribution in [3.05, 3.63) is 42.0 Å². The minimum Gasteiger partial charge on any atom is -0.264 e. The summed E-state index contributed by atoms with van der Waals surface area (Å²) in [5.74, 6) is 0. The highest BCUT2D eigenvalue weighted by Gasteiger charge is 2.47. The van der Waals surface area contributed by atoms with E-state index < -0.39 is 0 Å². The van der Waals surface area contributed by atoms with Crippen molar-refractivity contribution in [2.75, 3.05) is 0 Å². The largest absolute Gasteiger partial charge is 0.264 e. The van der Waals surface area contributed by atoms with Crippen LogP contribution in [0.2, 0.25) is 0 Å². The molecule has 0 bridgehead atoms. The SMILES string of the molecule is Cc1cn(C2(c3cccnc3)CC2)nn1. The van der Waals surface area contributed by atoms with Crippen LogP contribution in [0.3, 0.4) is 0 Å². The molecule has 0 atom stereocenters. The lowest BCUT2D eigenvalue weighted by Crippen LogP contribution is -2.19. The van der Waals surface area contributed by atoms with E-state index in [4.69, 9.17) is 0 Å². The second kappa shape index (κ2) is 2.89. The molecule has 76 valence electrons. The maximum absolute atomic E-state index is 4.17. The van der Waals surface area contributed by atoms with Crippen LogP contribution in [0.1, 0.15) is 24.1 Å². The highest BCUT2D eigenvalue weighted by molar-refractivity contribution is 5.28. The molecule has 4 nitrogen and oxygen atoms in total. The van der Waals surface area contributed by atoms with Crippen LogP contribution in [-0.4, -0.2) is 20.0 Å². The van der Waals surface area contributed by atoms with Gasteiger partial charge < -0.3 is 0 Å². The van der Waals surface area contributed by atoms with Gasteiger partial charge in [-0.1, -0.05) is 11.3 Å². The molecule has 0 N–H and O–H groups in total. The summed E-state index contributed by atoms with van der Waals surface area (Å²) in [5.41, 5.74) is 2.23. The lowest BCUT2D eigenvalue weighted by Gasteiger charge is -2.14. The topological polar surface area (TPSA) is 43.6 Å². The van der Waals surface area contributed by atoms with Gasteiger partial charge in [0.15, 0.2) is 0 Å². The maximum Gasteiger partial charge on any atom is 0.0910 e. The van der Waals surface area contributed by atoms with Crippen molar-refractivity contribution in [1.82, 2.24) is 20.0 Å². The van der Waals surface area contributed by atoms with Crippen LogP contribution in [0.4, 0.5) is 0 Å². The minimum absolute atomic E-state index is 0.0372. The van der Waals surface area contributed by atoms with E-state index >= 15 is 0 Å². The van der Waals surface area contributed by atoms with E-state index in [1.165, 1.54) is 5.56 Å². The first-order valence-corrected chi connectivity index (χ1v) is 5.11. The molecule has 2 aromatic heterocycles. The van der Waals surface area contributed by atoms with Crippen molar-refractivity contribution < 1.29 is 0 Å². The Morgan fingerprint density at radius 2 is 2.27 bits per heavy atom. The van der Waals surface area contributed by atoms with Gasteiger partial charge in [0.25, 0.3) is 0 Å². The zero-order chi connectivity index (χ0) is 10.3. The molecule has 1 saturated carbocycles. The van der Waals surface area contributed by atoms with E-state index in [9.17, 15) is 0 Å². The third-order valence-corrected chi connectivity index (χ3v) is 2.97. The zero-order valence-corrected chi connectivity index (χ0v) is 8.59. The third-order valence-electron chi connectivity index (χ3n) is 2.97. The number of aryl methyl sites for hydroxylation is 1. The van der Waals surface area contributed by atoms with E-state index in [1.54, 1.807) is 6.20 Å². The number of hydrogen-bond donors (Lipinski definition) is 0. The molecule has 15 heavy (non-hydrogen) atoms. The minimum atomic E-state index is 0.0372. The second-order valence-electron chi connectivity index (χ2n) is 4.08. The molecule has 1 aliphatic carbocycles. The third kappa shape index (κ3) is 1.25. The molecule has 4 heteroatoms. The van der Waals surface area contributed by atoms with Gasteiger partial charge in [-0.15, -0.1) is 5.10 Å². The average Bonchev–Trinajstić information content (AvgIpc) is 2.98. The molecule has 3 rings (SSSR count). The zero-order valence-electron chi connectivity index (χ0n) is 8.59. The Bertz CT molecular complexity index is 470. The van der Waals surface area contributed by atoms with Crippen molar-refractivity contribution in [2.24, 2.45) is 0 Å². The van der Waals surface area contributed by atoms with Crippen LogP contribution in [0.25, 0.3) is 0 Å². The standard InChI is InChI=1S/C11H12N4/c1-9-8-15(14-13-9)11(4-5-11)10-3-2-6-12-7-10/h2-3,6-8H,4-5H2,1H3. The van der Waals surface area contributed by atoms with E-state index in [2.05, 4.69) is 21.4 Å². The molecule has 1 fully saturated rings. The Kier molecular flexibility index (Phi) is 1.65. The summed E-state index contributed by atoms with van der Waals surface area (Å²) in [5, 5.41) is 8.21. The molecule has 0 aliphatic heterocycles. The van der Waals surface area contributed by atoms with Crippen LogP contribution in [-0.2, 0) is 5.54 Å². The van der Waals surface area contributed by atoms with Gasteiger partial charge in [0, 0.05) is 18.6 Å². The summed E-state index contributed by atoms with van der Waals surface area (Å²) in [6, 6.07) is 4.08. The molecule has 2 heterocycles. The number of nitrogens with zero attached hydrogens (tertiary/aromatic N) is 4. The number of pyridine rings is 1. The summed E-state index contributed by atoms with van der Waals surface area (Å²) >= 11 is 0. The Morgan fingerprint density at radius 1 is 1.40 bits per heavy atom. The van der Waals surface area contributed by atoms with Gasteiger partial charge in [-0.25, -0.2) is 4.68 Å². The van der Waals surface area contributed by atoms with Gasteiger partial charge in [-0.05, 0) is 31.4 Å². The quantitative estimate of drug-likeness (QED) is 0.738. The van der Waals surface area contributed by atoms with E-state index in [0.717, 1.165) is 18.5 Å². The number of hydrogen-bond acceptors (Lipinski definition) is 3. The molecule has 0 spiro atoms. The van der Waals surface area contributed by atoms with Crippen molar-refractivity contribution in [2.45, 2.75) is 25.3 Å². The van der Waals surface area contributed by atoms with Crippen molar-refractivity contribution in [3.8, 4) is 0 Å². The summed E-state index contributed by atoms with van der Waals surface area (Å²) < 4.78 is 1.97. The first-order valence-electron chi connectivity index (χ1n) is 5.11. The Hall–Kier alpha value is -1.71. The van der Waals surface area contributed by atoms with Crippen molar-refractivity contribution in [1.29, 1.82) is 0 Å². The van der Waals surface area contributed by atoms with Gasteiger partial charge in [-0.2, -0.15) is 0 Å². The predicted molar refractivity (Wildman–Crippen MR) is 55.3 cm³/mol. The van der Waals surface area contributed by atoms with Crippen LogP contribution < -0.4 is 0 Å². The van der Waals surface area contributed by atoms with Crippen LogP contribution >= 0.6 is 0 Å². The maximum atomic E-state index is 4.17. The fraction of sp³-hybridized carbons (Fsp3) is 0.364. The fourth-order valence-electron chi connectivity index (χ4n) is 1.96. The molecule has 0 radical (unpaired) electrons. The van der Waals surface area contributed by atoms with Crippen molar-refractivity contribution in [3.63, 3.8) is 0 Å². The first-order chi connectivity index (χ1) is 7.31. The van der Waals surface area contributed by atoms with Gasteiger partial charge >= 0.3 is 0 Å². The number of rotatable bonds is 2. The fourth-order valence-corrected chi connectivity index (χ4v) is 1.96. The Labute approximate surface area is 88.0 Å². The van der Waals surface area contributed by atoms with Gasteiger partial charge in [0.1, 0.15) is 0 Å². The molecular weight excluding hydrogens is 188 g/mol. The van der Waals surface area contributed by atoms with E-state index in [0.29, 0.717) is 0 Å². The predicted octanol–water partition coefficient (Wildman–Crippen LogP) is 1.52. The molecule has 0 amide bonds. The van der Waals surface area contributed by atoms with E-state index in [1.807, 2.05) is 30.1 Å². The summed E-state index contributed by atoms with van der Waals surface area (Å²) in [6.45, 7) is 1.96. The Balaban J connectivity index is 2.05. The molecular formula is C11H12N4. The highest BCUT2D eigenvalue weighted by Crippen LogP contribution is 2.48. The lowest BCUT2D eigenvalue weighted by atomic mass is 10.1. The normalized spacial score (nSPS) is 17.7. The smallest absolute Gasteiger partial charge is 0.0910 e. The Morgan fingerprint density at radius 3 is 2.80 bits per heavy atom. The summed E-state index contributed by atoms with van der Waals surface area (Å²) in [4.78, 5) is 4.16. The summed E-state index contributed by atoms with van der Waals surface area (Å²) in [6.07, 6.45) is 7.97. The monoisotopic (exact) mass is 200 g/mol. The van der Waals surface area contributed by atoms with E-state index in [-0.39, 0.29) is 5.54 Å². The molecule has 0 aromatic carbocycles. The average molecular weight is 200 g/mol. The molecule has 0 unspecified atom stereocenters. The first kappa shape index (κ1) is 8.59. The van der Waals surface area contributed by atoms with Crippen LogP contribution in [0, 0.1) is 6.92 Å². The van der Waals surface area contributed by atoms with Crippen LogP contribution in [0.5, 0.6) is 0 Å². The summed E-state index contributed by atoms with van der Waals surface area (Å²) in [7, 11) is 0. The van der Waals surface area contributed by atoms with Gasteiger partial charge in [0.2, 0.25) is 0 Å². The van der Waals surface area contributed by atoms with Crippen molar-refractivity contribution >= 4 is 0 Å². The molecule has 0 saturated heterocycles. The van der Waals surface area contributed by atoms with Gasteiger partial charge in [0.05, 0.1) is 11.2 Å². The molecule has 1 aliphatic rings. The number of aromatic nitrogens is 4.